The highest BCUT2D eigenvalue weighted by atomic mass is 32.2. The smallest absolute Gasteiger partial charge is 0.250 e. The number of para-hydroxylation sites is 1. The molecular formula is C29H31N5O7S. The van der Waals surface area contributed by atoms with Crippen molar-refractivity contribution < 1.29 is 33.2 Å². The summed E-state index contributed by atoms with van der Waals surface area (Å²) in [4.78, 5) is 12.7. The Morgan fingerprint density at radius 2 is 1.43 bits per heavy atom. The number of nitrogens with zero attached hydrogens (tertiary/aromatic N) is 4. The van der Waals surface area contributed by atoms with Crippen molar-refractivity contribution in [3.8, 4) is 51.6 Å². The molecule has 3 aromatic carbocycles. The Bertz CT molecular complexity index is 1530. The fraction of sp³-hybridized carbons (Fsp3) is 0.241. The number of rotatable bonds is 13. The maximum absolute atomic E-state index is 12.7. The Kier molecular flexibility index (Phi) is 10.1. The predicted octanol–water partition coefficient (Wildman–Crippen LogP) is 4.23. The van der Waals surface area contributed by atoms with Crippen LogP contribution in [0.4, 0.5) is 0 Å². The molecule has 1 aromatic heterocycles. The van der Waals surface area contributed by atoms with Gasteiger partial charge >= 0.3 is 0 Å². The van der Waals surface area contributed by atoms with E-state index in [9.17, 15) is 4.79 Å². The monoisotopic (exact) mass is 593 g/mol. The fourth-order valence-electron chi connectivity index (χ4n) is 4.06. The first-order chi connectivity index (χ1) is 20.5. The molecule has 0 atom stereocenters. The van der Waals surface area contributed by atoms with E-state index in [1.807, 2.05) is 34.9 Å². The molecule has 0 aliphatic heterocycles. The largest absolute Gasteiger partial charge is 0.496 e. The van der Waals surface area contributed by atoms with Crippen molar-refractivity contribution in [1.29, 1.82) is 0 Å². The third-order valence-electron chi connectivity index (χ3n) is 6.03. The quantitative estimate of drug-likeness (QED) is 0.137. The van der Waals surface area contributed by atoms with Gasteiger partial charge in [-0.15, -0.1) is 10.2 Å². The Hall–Kier alpha value is -4.91. The number of carbonyl (C=O) groups is 1. The molecule has 0 unspecified atom stereocenters. The van der Waals surface area contributed by atoms with Gasteiger partial charge in [0, 0.05) is 22.9 Å². The maximum Gasteiger partial charge on any atom is 0.250 e. The summed E-state index contributed by atoms with van der Waals surface area (Å²) < 4.78 is 34.4. The summed E-state index contributed by atoms with van der Waals surface area (Å²) in [6.45, 7) is 0. The second-order valence-electron chi connectivity index (χ2n) is 8.42. The van der Waals surface area contributed by atoms with Gasteiger partial charge in [0.2, 0.25) is 5.75 Å². The number of hydrogen-bond donors (Lipinski definition) is 1. The topological polar surface area (TPSA) is 128 Å². The van der Waals surface area contributed by atoms with E-state index in [1.165, 1.54) is 39.3 Å². The van der Waals surface area contributed by atoms with Crippen LogP contribution in [0.5, 0.6) is 34.5 Å². The maximum atomic E-state index is 12.7. The van der Waals surface area contributed by atoms with E-state index in [4.69, 9.17) is 28.4 Å². The van der Waals surface area contributed by atoms with Gasteiger partial charge in [-0.25, -0.2) is 5.43 Å². The third kappa shape index (κ3) is 6.52. The molecule has 42 heavy (non-hydrogen) atoms. The molecule has 1 amide bonds. The van der Waals surface area contributed by atoms with Gasteiger partial charge in [0.1, 0.15) is 5.75 Å². The Morgan fingerprint density at radius 3 is 2.02 bits per heavy atom. The van der Waals surface area contributed by atoms with Crippen LogP contribution in [0.3, 0.4) is 0 Å². The lowest BCUT2D eigenvalue weighted by Gasteiger charge is -2.15. The lowest BCUT2D eigenvalue weighted by molar-refractivity contribution is -0.118. The molecule has 0 aliphatic carbocycles. The number of thioether (sulfide) groups is 1. The molecular weight excluding hydrogens is 562 g/mol. The van der Waals surface area contributed by atoms with Crippen LogP contribution in [0, 0.1) is 0 Å². The van der Waals surface area contributed by atoms with Crippen molar-refractivity contribution >= 4 is 23.9 Å². The van der Waals surface area contributed by atoms with E-state index in [2.05, 4.69) is 20.7 Å². The van der Waals surface area contributed by atoms with Crippen LogP contribution in [0.25, 0.3) is 17.1 Å². The number of aromatic nitrogens is 3. The van der Waals surface area contributed by atoms with Crippen LogP contribution in [-0.2, 0) is 4.79 Å². The summed E-state index contributed by atoms with van der Waals surface area (Å²) in [5.41, 5.74) is 4.63. The molecule has 4 rings (SSSR count). The number of nitrogens with one attached hydrogen (secondary N) is 1. The number of hydrogen-bond acceptors (Lipinski definition) is 11. The van der Waals surface area contributed by atoms with E-state index < -0.39 is 0 Å². The minimum absolute atomic E-state index is 0.0284. The molecule has 0 saturated carbocycles. The zero-order chi connectivity index (χ0) is 30.1. The molecule has 0 aliphatic rings. The summed E-state index contributed by atoms with van der Waals surface area (Å²) in [5.74, 6) is 3.17. The number of carbonyl (C=O) groups excluding carboxylic acids is 1. The van der Waals surface area contributed by atoms with Gasteiger partial charge in [0.05, 0.1) is 54.6 Å². The molecule has 0 bridgehead atoms. The standard InChI is InChI=1S/C29H31N5O7S/c1-36-21-15-23(38-3)22(37-2)14-19(21)16-30-31-26(35)17-42-29-33-32-28(34(29)20-10-8-7-9-11-20)18-12-24(39-4)27(41-6)25(13-18)40-5/h7-16H,17H2,1-6H3,(H,31,35)/b30-16-. The zero-order valence-electron chi connectivity index (χ0n) is 24.0. The fourth-order valence-corrected chi connectivity index (χ4v) is 4.80. The van der Waals surface area contributed by atoms with E-state index in [0.717, 1.165) is 5.69 Å². The van der Waals surface area contributed by atoms with E-state index in [1.54, 1.807) is 45.6 Å². The summed E-state index contributed by atoms with van der Waals surface area (Å²) >= 11 is 1.21. The van der Waals surface area contributed by atoms with Gasteiger partial charge in [0.15, 0.2) is 34.0 Å². The van der Waals surface area contributed by atoms with Crippen molar-refractivity contribution in [2.24, 2.45) is 5.10 Å². The van der Waals surface area contributed by atoms with Crippen LogP contribution < -0.4 is 33.8 Å². The van der Waals surface area contributed by atoms with Gasteiger partial charge in [-0.3, -0.25) is 9.36 Å². The zero-order valence-corrected chi connectivity index (χ0v) is 24.9. The highest BCUT2D eigenvalue weighted by molar-refractivity contribution is 7.99. The first-order valence-electron chi connectivity index (χ1n) is 12.5. The van der Waals surface area contributed by atoms with Crippen molar-refractivity contribution in [3.63, 3.8) is 0 Å². The van der Waals surface area contributed by atoms with Crippen molar-refractivity contribution in [2.75, 3.05) is 48.4 Å². The van der Waals surface area contributed by atoms with Crippen LogP contribution in [0.15, 0.2) is 64.9 Å². The van der Waals surface area contributed by atoms with E-state index in [-0.39, 0.29) is 11.7 Å². The molecule has 1 N–H and O–H groups in total. The van der Waals surface area contributed by atoms with Crippen molar-refractivity contribution in [2.45, 2.75) is 5.16 Å². The summed E-state index contributed by atoms with van der Waals surface area (Å²) in [6.07, 6.45) is 1.47. The van der Waals surface area contributed by atoms with Gasteiger partial charge in [-0.1, -0.05) is 30.0 Å². The lowest BCUT2D eigenvalue weighted by Crippen LogP contribution is -2.20. The Balaban J connectivity index is 1.57. The SMILES string of the molecule is COc1cc(OC)c(OC)cc1/C=N\NC(=O)CSc1nnc(-c2cc(OC)c(OC)c(OC)c2)n1-c1ccccc1. The van der Waals surface area contributed by atoms with Crippen LogP contribution in [-0.4, -0.2) is 75.3 Å². The average molecular weight is 594 g/mol. The lowest BCUT2D eigenvalue weighted by atomic mass is 10.1. The first-order valence-corrected chi connectivity index (χ1v) is 13.5. The molecule has 220 valence electrons. The molecule has 12 nitrogen and oxygen atoms in total. The van der Waals surface area contributed by atoms with Gasteiger partial charge < -0.3 is 28.4 Å². The van der Waals surface area contributed by atoms with E-state index >= 15 is 0 Å². The highest BCUT2D eigenvalue weighted by Crippen LogP contribution is 2.41. The number of amides is 1. The molecule has 1 heterocycles. The van der Waals surface area contributed by atoms with E-state index in [0.29, 0.717) is 56.6 Å². The molecule has 0 saturated heterocycles. The molecule has 0 radical (unpaired) electrons. The normalized spacial score (nSPS) is 10.8. The average Bonchev–Trinajstić information content (AvgIpc) is 3.47. The predicted molar refractivity (Wildman–Crippen MR) is 159 cm³/mol. The number of methoxy groups -OCH3 is 6. The minimum atomic E-state index is -0.340. The molecule has 0 spiro atoms. The summed E-state index contributed by atoms with van der Waals surface area (Å²) in [5, 5.41) is 13.4. The minimum Gasteiger partial charge on any atom is -0.496 e. The number of ether oxygens (including phenoxy) is 6. The number of benzene rings is 3. The second-order valence-corrected chi connectivity index (χ2v) is 9.36. The third-order valence-corrected chi connectivity index (χ3v) is 6.96. The second kappa shape index (κ2) is 14.1. The van der Waals surface area contributed by atoms with Crippen molar-refractivity contribution in [3.05, 3.63) is 60.2 Å². The number of hydrazone groups is 1. The van der Waals surface area contributed by atoms with Crippen LogP contribution in [0.1, 0.15) is 5.56 Å². The molecule has 0 fully saturated rings. The molecule has 13 heteroatoms. The van der Waals surface area contributed by atoms with Gasteiger partial charge in [-0.05, 0) is 30.3 Å². The first kappa shape index (κ1) is 30.1. The summed E-state index contributed by atoms with van der Waals surface area (Å²) in [7, 11) is 9.24. The van der Waals surface area contributed by atoms with Crippen LogP contribution in [0.2, 0.25) is 0 Å². The Labute approximate surface area is 247 Å². The Morgan fingerprint density at radius 1 is 0.810 bits per heavy atom. The summed E-state index contributed by atoms with van der Waals surface area (Å²) in [6, 6.07) is 16.6. The molecule has 4 aromatic rings. The van der Waals surface area contributed by atoms with Gasteiger partial charge in [0.25, 0.3) is 5.91 Å². The van der Waals surface area contributed by atoms with Gasteiger partial charge in [-0.2, -0.15) is 5.10 Å². The highest BCUT2D eigenvalue weighted by Gasteiger charge is 2.21. The van der Waals surface area contributed by atoms with Crippen molar-refractivity contribution in [1.82, 2.24) is 20.2 Å². The van der Waals surface area contributed by atoms with Crippen LogP contribution >= 0.6 is 11.8 Å².